The Bertz CT molecular complexity index is 1690. The second-order valence-electron chi connectivity index (χ2n) is 22.7. The lowest BCUT2D eigenvalue weighted by molar-refractivity contribution is -0.167. The predicted octanol–water partition coefficient (Wildman–Crippen LogP) is 23.9. The van der Waals surface area contributed by atoms with Gasteiger partial charge >= 0.3 is 17.9 Å². The van der Waals surface area contributed by atoms with E-state index in [2.05, 4.69) is 142 Å². The van der Waals surface area contributed by atoms with E-state index in [4.69, 9.17) is 14.2 Å². The molecule has 0 bridgehead atoms. The second kappa shape index (κ2) is 69.3. The van der Waals surface area contributed by atoms with E-state index in [0.29, 0.717) is 19.3 Å². The van der Waals surface area contributed by atoms with Gasteiger partial charge < -0.3 is 14.2 Å². The van der Waals surface area contributed by atoms with Gasteiger partial charge in [0.15, 0.2) is 6.10 Å². The number of hydrogen-bond acceptors (Lipinski definition) is 6. The van der Waals surface area contributed by atoms with Gasteiger partial charge in [0.05, 0.1) is 0 Å². The van der Waals surface area contributed by atoms with Gasteiger partial charge in [0.25, 0.3) is 0 Å². The minimum absolute atomic E-state index is 0.0904. The number of carbonyl (C=O) groups is 3. The number of allylic oxidation sites excluding steroid dienone is 20. The summed E-state index contributed by atoms with van der Waals surface area (Å²) in [7, 11) is 0. The van der Waals surface area contributed by atoms with Crippen LogP contribution in [-0.4, -0.2) is 37.2 Å². The zero-order valence-corrected chi connectivity index (χ0v) is 53.7. The lowest BCUT2D eigenvalue weighted by atomic mass is 10.1. The van der Waals surface area contributed by atoms with Crippen molar-refractivity contribution >= 4 is 17.9 Å². The number of unbranched alkanes of at least 4 members (excludes halogenated alkanes) is 31. The number of hydrogen-bond donors (Lipinski definition) is 0. The maximum absolute atomic E-state index is 12.9. The smallest absolute Gasteiger partial charge is 0.306 e. The molecule has 0 rings (SSSR count). The number of rotatable bonds is 62. The van der Waals surface area contributed by atoms with Crippen molar-refractivity contribution < 1.29 is 28.6 Å². The van der Waals surface area contributed by atoms with Crippen LogP contribution >= 0.6 is 0 Å². The molecule has 0 N–H and O–H groups in total. The van der Waals surface area contributed by atoms with Crippen LogP contribution in [0.3, 0.4) is 0 Å². The average Bonchev–Trinajstić information content (AvgIpc) is 3.47. The lowest BCUT2D eigenvalue weighted by Gasteiger charge is -2.18. The predicted molar refractivity (Wildman–Crippen MR) is 357 cm³/mol. The normalized spacial score (nSPS) is 12.9. The Morgan fingerprint density at radius 2 is 0.488 bits per heavy atom. The van der Waals surface area contributed by atoms with E-state index in [0.717, 1.165) is 135 Å². The first kappa shape index (κ1) is 77.8. The Hall–Kier alpha value is -4.19. The van der Waals surface area contributed by atoms with Crippen molar-refractivity contribution in [2.24, 2.45) is 0 Å². The second-order valence-corrected chi connectivity index (χ2v) is 22.7. The van der Waals surface area contributed by atoms with Gasteiger partial charge in [0.1, 0.15) is 13.2 Å². The molecule has 468 valence electrons. The highest BCUT2D eigenvalue weighted by molar-refractivity contribution is 5.71. The zero-order valence-electron chi connectivity index (χ0n) is 53.7. The average molecular weight is 1140 g/mol. The molecule has 0 heterocycles. The third kappa shape index (κ3) is 66.6. The van der Waals surface area contributed by atoms with Crippen LogP contribution in [0.1, 0.15) is 323 Å². The lowest BCUT2D eigenvalue weighted by Crippen LogP contribution is -2.30. The fourth-order valence-electron chi connectivity index (χ4n) is 9.49. The van der Waals surface area contributed by atoms with Crippen LogP contribution in [0.5, 0.6) is 0 Å². The van der Waals surface area contributed by atoms with E-state index >= 15 is 0 Å². The monoisotopic (exact) mass is 1140 g/mol. The molecular formula is C76H128O6. The van der Waals surface area contributed by atoms with Gasteiger partial charge in [-0.3, -0.25) is 14.4 Å². The summed E-state index contributed by atoms with van der Waals surface area (Å²) < 4.78 is 17.0. The molecule has 0 spiro atoms. The number of carbonyl (C=O) groups excluding carboxylic acids is 3. The quantitative estimate of drug-likeness (QED) is 0.0261. The molecule has 1 atom stereocenters. The molecule has 0 aromatic heterocycles. The molecule has 0 aliphatic rings. The molecule has 6 nitrogen and oxygen atoms in total. The molecule has 0 aliphatic heterocycles. The SMILES string of the molecule is CC/C=C\C/C=C\C/C=C\C/C=C\C/C=C\C/C=C\C/C=C\CCCCCCCCCC(=O)OCC(COC(=O)CCCCCCC/C=C\C/C=C\CCCC)OC(=O)CCCCCCCCCCC/C=C\CCCCCCCCCC. The van der Waals surface area contributed by atoms with E-state index in [1.165, 1.54) is 148 Å². The molecule has 0 aromatic rings. The van der Waals surface area contributed by atoms with Gasteiger partial charge in [-0.25, -0.2) is 0 Å². The van der Waals surface area contributed by atoms with Crippen LogP contribution in [-0.2, 0) is 28.6 Å². The minimum atomic E-state index is -0.794. The zero-order chi connectivity index (χ0) is 59.2. The van der Waals surface area contributed by atoms with Crippen molar-refractivity contribution in [3.8, 4) is 0 Å². The van der Waals surface area contributed by atoms with Gasteiger partial charge in [0, 0.05) is 19.3 Å². The maximum Gasteiger partial charge on any atom is 0.306 e. The summed E-state index contributed by atoms with van der Waals surface area (Å²) in [4.78, 5) is 38.4. The molecule has 0 saturated carbocycles. The molecule has 0 aromatic carbocycles. The minimum Gasteiger partial charge on any atom is -0.462 e. The van der Waals surface area contributed by atoms with Crippen molar-refractivity contribution in [1.82, 2.24) is 0 Å². The Labute approximate surface area is 507 Å². The van der Waals surface area contributed by atoms with E-state index in [1.807, 2.05) is 0 Å². The van der Waals surface area contributed by atoms with E-state index in [1.54, 1.807) is 0 Å². The van der Waals surface area contributed by atoms with Gasteiger partial charge in [0.2, 0.25) is 0 Å². The Kier molecular flexibility index (Phi) is 65.8. The third-order valence-corrected chi connectivity index (χ3v) is 14.7. The first-order valence-electron chi connectivity index (χ1n) is 34.5. The van der Waals surface area contributed by atoms with Crippen molar-refractivity contribution in [3.63, 3.8) is 0 Å². The topological polar surface area (TPSA) is 78.9 Å². The van der Waals surface area contributed by atoms with Crippen LogP contribution in [0.2, 0.25) is 0 Å². The summed E-state index contributed by atoms with van der Waals surface area (Å²) in [6, 6.07) is 0. The fraction of sp³-hybridized carbons (Fsp3) is 0.697. The van der Waals surface area contributed by atoms with E-state index < -0.39 is 6.10 Å². The highest BCUT2D eigenvalue weighted by Gasteiger charge is 2.19. The standard InChI is InChI=1S/C76H128O6/c1-4-7-10-13-16-19-22-25-28-30-32-34-35-36-37-38-39-40-41-43-44-46-48-51-54-57-60-63-66-69-75(78)81-72-73(71-80-74(77)68-65-62-59-56-53-50-27-24-21-18-15-12-9-6-3)82-76(79)70-67-64-61-58-55-52-49-47-45-42-33-31-29-26-23-20-17-14-11-8-5-2/h7,10,15-16,18-19,24-25,27-28,31-34,36-37,39-40,43-44,73H,4-6,8-9,11-14,17,20-23,26,29-30,35,38,41-42,45-72H2,1-3H3/b10-7-,18-15-,19-16-,27-24-,28-25-,33-31-,34-32-,37-36-,40-39-,44-43-. The van der Waals surface area contributed by atoms with Gasteiger partial charge in [-0.15, -0.1) is 0 Å². The van der Waals surface area contributed by atoms with Crippen LogP contribution in [0, 0.1) is 0 Å². The molecule has 6 heteroatoms. The third-order valence-electron chi connectivity index (χ3n) is 14.7. The molecule has 0 amide bonds. The number of esters is 3. The molecule has 0 aliphatic carbocycles. The van der Waals surface area contributed by atoms with Crippen LogP contribution in [0.4, 0.5) is 0 Å². The Morgan fingerprint density at radius 1 is 0.256 bits per heavy atom. The molecule has 0 radical (unpaired) electrons. The van der Waals surface area contributed by atoms with E-state index in [9.17, 15) is 14.4 Å². The summed E-state index contributed by atoms with van der Waals surface area (Å²) in [5.41, 5.74) is 0. The molecule has 0 fully saturated rings. The molecule has 1 unspecified atom stereocenters. The van der Waals surface area contributed by atoms with Crippen molar-refractivity contribution in [3.05, 3.63) is 122 Å². The summed E-state index contributed by atoms with van der Waals surface area (Å²) in [5, 5.41) is 0. The van der Waals surface area contributed by atoms with Gasteiger partial charge in [-0.1, -0.05) is 296 Å². The highest BCUT2D eigenvalue weighted by atomic mass is 16.6. The molecule has 82 heavy (non-hydrogen) atoms. The molecular weight excluding hydrogens is 1010 g/mol. The summed E-state index contributed by atoms with van der Waals surface area (Å²) in [6.07, 6.45) is 96.4. The van der Waals surface area contributed by atoms with Crippen LogP contribution in [0.15, 0.2) is 122 Å². The molecule has 0 saturated heterocycles. The Morgan fingerprint density at radius 3 is 0.793 bits per heavy atom. The fourth-order valence-corrected chi connectivity index (χ4v) is 9.49. The van der Waals surface area contributed by atoms with E-state index in [-0.39, 0.29) is 31.1 Å². The maximum atomic E-state index is 12.9. The van der Waals surface area contributed by atoms with Crippen molar-refractivity contribution in [2.75, 3.05) is 13.2 Å². The Balaban J connectivity index is 4.36. The van der Waals surface area contributed by atoms with Crippen molar-refractivity contribution in [2.45, 2.75) is 329 Å². The van der Waals surface area contributed by atoms with Gasteiger partial charge in [-0.2, -0.15) is 0 Å². The largest absolute Gasteiger partial charge is 0.462 e. The van der Waals surface area contributed by atoms with Crippen LogP contribution in [0.25, 0.3) is 0 Å². The summed E-state index contributed by atoms with van der Waals surface area (Å²) in [6.45, 7) is 6.49. The first-order valence-corrected chi connectivity index (χ1v) is 34.5. The van der Waals surface area contributed by atoms with Crippen LogP contribution < -0.4 is 0 Å². The number of ether oxygens (including phenoxy) is 3. The summed E-state index contributed by atoms with van der Waals surface area (Å²) >= 11 is 0. The summed E-state index contributed by atoms with van der Waals surface area (Å²) in [5.74, 6) is -0.907. The van der Waals surface area contributed by atoms with Gasteiger partial charge in [-0.05, 0) is 128 Å². The van der Waals surface area contributed by atoms with Crippen molar-refractivity contribution in [1.29, 1.82) is 0 Å². The highest BCUT2D eigenvalue weighted by Crippen LogP contribution is 2.16. The first-order chi connectivity index (χ1) is 40.5.